The number of hydroxylamine groups is 3. The van der Waals surface area contributed by atoms with Gasteiger partial charge < -0.3 is 10.6 Å². The number of carbonyl (C=O) groups is 2. The highest BCUT2D eigenvalue weighted by Crippen LogP contribution is 2.19. The van der Waals surface area contributed by atoms with Gasteiger partial charge >= 0.3 is 6.03 Å². The second-order valence-corrected chi connectivity index (χ2v) is 5.21. The Balaban J connectivity index is 1.47. The molecule has 3 rings (SSSR count). The molecule has 4 N–H and O–H groups in total. The van der Waals surface area contributed by atoms with E-state index in [9.17, 15) is 9.59 Å². The molecule has 1 aromatic rings. The summed E-state index contributed by atoms with van der Waals surface area (Å²) in [6.07, 6.45) is 7.73. The minimum atomic E-state index is -0.387. The molecule has 3 amide bonds. The van der Waals surface area contributed by atoms with E-state index >= 15 is 0 Å². The first-order valence-corrected chi connectivity index (χ1v) is 7.37. The molecule has 11 heteroatoms. The van der Waals surface area contributed by atoms with Gasteiger partial charge in [0.1, 0.15) is 0 Å². The Labute approximate surface area is 135 Å². The van der Waals surface area contributed by atoms with E-state index in [2.05, 4.69) is 30.8 Å². The van der Waals surface area contributed by atoms with Gasteiger partial charge in [-0.15, -0.1) is 0 Å². The fourth-order valence-electron chi connectivity index (χ4n) is 1.83. The second-order valence-electron chi connectivity index (χ2n) is 4.46. The Hall–Kier alpha value is -2.92. The Bertz CT molecular complexity index is 697. The molecule has 0 unspecified atom stereocenters. The van der Waals surface area contributed by atoms with Crippen molar-refractivity contribution in [2.24, 2.45) is 0 Å². The first-order valence-electron chi connectivity index (χ1n) is 6.60. The van der Waals surface area contributed by atoms with Crippen molar-refractivity contribution in [3.05, 3.63) is 41.6 Å². The first-order chi connectivity index (χ1) is 11.2. The van der Waals surface area contributed by atoms with Crippen LogP contribution in [0.3, 0.4) is 0 Å². The molecule has 10 nitrogen and oxygen atoms in total. The SMILES string of the molecule is O=CNCc1nsc(NC(=O)NCC2=CC3=CNON3C=C2)n1. The first kappa shape index (κ1) is 15.0. The van der Waals surface area contributed by atoms with Crippen molar-refractivity contribution >= 4 is 29.1 Å². The van der Waals surface area contributed by atoms with Gasteiger partial charge in [-0.25, -0.2) is 20.3 Å². The van der Waals surface area contributed by atoms with Crippen LogP contribution in [0.25, 0.3) is 0 Å². The van der Waals surface area contributed by atoms with Crippen LogP contribution in [0.1, 0.15) is 5.82 Å². The summed E-state index contributed by atoms with van der Waals surface area (Å²) in [6.45, 7) is 0.578. The fourth-order valence-corrected chi connectivity index (χ4v) is 2.41. The highest BCUT2D eigenvalue weighted by atomic mass is 32.1. The highest BCUT2D eigenvalue weighted by molar-refractivity contribution is 7.09. The molecule has 0 spiro atoms. The van der Waals surface area contributed by atoms with Gasteiger partial charge in [0, 0.05) is 24.3 Å². The van der Waals surface area contributed by atoms with Gasteiger partial charge in [0.15, 0.2) is 5.82 Å². The van der Waals surface area contributed by atoms with Crippen molar-refractivity contribution in [1.82, 2.24) is 30.5 Å². The van der Waals surface area contributed by atoms with E-state index in [1.165, 1.54) is 0 Å². The number of anilines is 1. The quantitative estimate of drug-likeness (QED) is 0.538. The molecule has 23 heavy (non-hydrogen) atoms. The molecule has 0 saturated heterocycles. The van der Waals surface area contributed by atoms with Crippen molar-refractivity contribution in [3.63, 3.8) is 0 Å². The third kappa shape index (κ3) is 3.84. The van der Waals surface area contributed by atoms with E-state index in [4.69, 9.17) is 4.94 Å². The largest absolute Gasteiger partial charge is 0.351 e. The number of fused-ring (bicyclic) bond motifs is 1. The minimum absolute atomic E-state index is 0.225. The summed E-state index contributed by atoms with van der Waals surface area (Å²) < 4.78 is 4.00. The Morgan fingerprint density at radius 2 is 2.39 bits per heavy atom. The molecule has 0 aliphatic carbocycles. The molecule has 0 bridgehead atoms. The third-order valence-corrected chi connectivity index (χ3v) is 3.52. The molecule has 0 atom stereocenters. The number of amides is 3. The van der Waals surface area contributed by atoms with Crippen LogP contribution >= 0.6 is 11.5 Å². The van der Waals surface area contributed by atoms with E-state index in [1.807, 2.05) is 12.2 Å². The standard InChI is InChI=1S/C12H13N7O3S/c20-7-13-6-10-16-12(23-18-10)17-11(21)14-4-8-1-2-19-9(3-8)5-15-22-19/h1-3,5,7,15H,4,6H2,(H,13,20)(H2,14,16,17,18,21). The van der Waals surface area contributed by atoms with Crippen molar-refractivity contribution < 1.29 is 14.5 Å². The molecule has 0 saturated carbocycles. The number of nitrogens with one attached hydrogen (secondary N) is 4. The summed E-state index contributed by atoms with van der Waals surface area (Å²) in [4.78, 5) is 31.2. The lowest BCUT2D eigenvalue weighted by Crippen LogP contribution is -2.30. The number of hydrogen-bond donors (Lipinski definition) is 4. The zero-order valence-corrected chi connectivity index (χ0v) is 12.6. The number of rotatable bonds is 6. The van der Waals surface area contributed by atoms with Crippen molar-refractivity contribution in [2.75, 3.05) is 11.9 Å². The van der Waals surface area contributed by atoms with E-state index in [1.54, 1.807) is 17.5 Å². The molecular weight excluding hydrogens is 322 g/mol. The second kappa shape index (κ2) is 6.89. The van der Waals surface area contributed by atoms with E-state index in [-0.39, 0.29) is 12.6 Å². The fraction of sp³-hybridized carbons (Fsp3) is 0.167. The summed E-state index contributed by atoms with van der Waals surface area (Å²) in [6, 6.07) is -0.387. The predicted octanol–water partition coefficient (Wildman–Crippen LogP) is -0.0475. The molecular formula is C12H13N7O3S. The van der Waals surface area contributed by atoms with Crippen LogP contribution < -0.4 is 21.4 Å². The zero-order valence-electron chi connectivity index (χ0n) is 11.8. The summed E-state index contributed by atoms with van der Waals surface area (Å²) in [5, 5.41) is 9.70. The van der Waals surface area contributed by atoms with Crippen molar-refractivity contribution in [3.8, 4) is 0 Å². The molecule has 120 valence electrons. The summed E-state index contributed by atoms with van der Waals surface area (Å²) in [5.41, 5.74) is 4.39. The Kier molecular flexibility index (Phi) is 4.49. The van der Waals surface area contributed by atoms with Gasteiger partial charge in [0.2, 0.25) is 11.5 Å². The number of aromatic nitrogens is 2. The maximum atomic E-state index is 11.8. The monoisotopic (exact) mass is 335 g/mol. The van der Waals surface area contributed by atoms with Gasteiger partial charge in [-0.3, -0.25) is 10.1 Å². The van der Waals surface area contributed by atoms with Crippen LogP contribution in [0.2, 0.25) is 0 Å². The summed E-state index contributed by atoms with van der Waals surface area (Å²) >= 11 is 1.04. The van der Waals surface area contributed by atoms with E-state index < -0.39 is 0 Å². The van der Waals surface area contributed by atoms with Gasteiger partial charge in [0.05, 0.1) is 18.4 Å². The lowest BCUT2D eigenvalue weighted by Gasteiger charge is -2.17. The molecule has 0 aromatic carbocycles. The molecule has 2 aliphatic rings. The van der Waals surface area contributed by atoms with Crippen LogP contribution in [-0.4, -0.2) is 33.4 Å². The molecule has 0 fully saturated rings. The Morgan fingerprint density at radius 3 is 3.26 bits per heavy atom. The summed E-state index contributed by atoms with van der Waals surface area (Å²) in [7, 11) is 0. The number of urea groups is 1. The maximum absolute atomic E-state index is 11.8. The lowest BCUT2D eigenvalue weighted by atomic mass is 10.2. The number of allylic oxidation sites excluding steroid dienone is 1. The van der Waals surface area contributed by atoms with Crippen molar-refractivity contribution in [1.29, 1.82) is 0 Å². The lowest BCUT2D eigenvalue weighted by molar-refractivity contribution is -0.112. The minimum Gasteiger partial charge on any atom is -0.351 e. The average molecular weight is 335 g/mol. The van der Waals surface area contributed by atoms with Gasteiger partial charge in [-0.1, -0.05) is 0 Å². The molecule has 1 aromatic heterocycles. The molecule has 0 radical (unpaired) electrons. The molecule has 3 heterocycles. The van der Waals surface area contributed by atoms with E-state index in [0.29, 0.717) is 23.9 Å². The smallest absolute Gasteiger partial charge is 0.321 e. The van der Waals surface area contributed by atoms with Gasteiger partial charge in [0.25, 0.3) is 0 Å². The maximum Gasteiger partial charge on any atom is 0.321 e. The van der Waals surface area contributed by atoms with Crippen LogP contribution in [0.15, 0.2) is 35.8 Å². The predicted molar refractivity (Wildman–Crippen MR) is 81.2 cm³/mol. The average Bonchev–Trinajstić information content (AvgIpc) is 3.19. The zero-order chi connectivity index (χ0) is 16.1. The van der Waals surface area contributed by atoms with Crippen LogP contribution in [-0.2, 0) is 16.3 Å². The van der Waals surface area contributed by atoms with Gasteiger partial charge in [-0.05, 0) is 17.7 Å². The van der Waals surface area contributed by atoms with Crippen molar-refractivity contribution in [2.45, 2.75) is 6.54 Å². The van der Waals surface area contributed by atoms with Crippen LogP contribution in [0.4, 0.5) is 9.93 Å². The highest BCUT2D eigenvalue weighted by Gasteiger charge is 2.16. The number of hydrogen-bond acceptors (Lipinski definition) is 8. The molecule has 2 aliphatic heterocycles. The topological polar surface area (TPSA) is 121 Å². The summed E-state index contributed by atoms with van der Waals surface area (Å²) in [5.74, 6) is 0.441. The van der Waals surface area contributed by atoms with E-state index in [0.717, 1.165) is 22.8 Å². The normalized spacial score (nSPS) is 15.2. The van der Waals surface area contributed by atoms with Gasteiger partial charge in [-0.2, -0.15) is 9.31 Å². The number of nitrogens with zero attached hydrogens (tertiary/aromatic N) is 3. The third-order valence-electron chi connectivity index (χ3n) is 2.85. The Morgan fingerprint density at radius 1 is 1.48 bits per heavy atom. The van der Waals surface area contributed by atoms with Crippen LogP contribution in [0, 0.1) is 0 Å². The number of carbonyl (C=O) groups excluding carboxylic acids is 2. The van der Waals surface area contributed by atoms with Crippen LogP contribution in [0.5, 0.6) is 0 Å².